The average Bonchev–Trinajstić information content (AvgIpc) is 2.38. The van der Waals surface area contributed by atoms with Gasteiger partial charge in [-0.2, -0.15) is 0 Å². The predicted octanol–water partition coefficient (Wildman–Crippen LogP) is 3.48. The molecular formula is C15H13ClO3. The highest BCUT2D eigenvalue weighted by atomic mass is 35.5. The third-order valence-corrected chi connectivity index (χ3v) is 3.02. The molecule has 1 aromatic carbocycles. The zero-order valence-corrected chi connectivity index (χ0v) is 11.2. The van der Waals surface area contributed by atoms with Gasteiger partial charge in [-0.1, -0.05) is 11.6 Å². The van der Waals surface area contributed by atoms with E-state index < -0.39 is 5.63 Å². The molecule has 2 rings (SSSR count). The Hall–Kier alpha value is -1.87. The average molecular weight is 277 g/mol. The van der Waals surface area contributed by atoms with E-state index in [2.05, 4.69) is 0 Å². The standard InChI is InChI=1S/C15H13ClO3/c1-10(17)2-3-11-6-9-14(18)19-15(11)12-4-7-13(16)8-5-12/h4-9H,2-3H2,1H3. The molecule has 0 spiro atoms. The van der Waals surface area contributed by atoms with Crippen molar-refractivity contribution in [1.82, 2.24) is 0 Å². The van der Waals surface area contributed by atoms with Crippen molar-refractivity contribution in [2.24, 2.45) is 0 Å². The van der Waals surface area contributed by atoms with Gasteiger partial charge in [-0.3, -0.25) is 0 Å². The Labute approximate surface area is 115 Å². The van der Waals surface area contributed by atoms with Crippen molar-refractivity contribution in [2.75, 3.05) is 0 Å². The van der Waals surface area contributed by atoms with Gasteiger partial charge < -0.3 is 9.21 Å². The first-order valence-electron chi connectivity index (χ1n) is 5.94. The van der Waals surface area contributed by atoms with Crippen LogP contribution in [0.4, 0.5) is 0 Å². The van der Waals surface area contributed by atoms with Crippen molar-refractivity contribution >= 4 is 17.4 Å². The van der Waals surface area contributed by atoms with Crippen LogP contribution in [0, 0.1) is 0 Å². The molecule has 3 nitrogen and oxygen atoms in total. The molecule has 4 heteroatoms. The molecule has 19 heavy (non-hydrogen) atoms. The number of carbonyl (C=O) groups excluding carboxylic acids is 1. The number of halogens is 1. The van der Waals surface area contributed by atoms with E-state index in [0.29, 0.717) is 23.6 Å². The second-order valence-corrected chi connectivity index (χ2v) is 4.75. The molecule has 0 saturated heterocycles. The van der Waals surface area contributed by atoms with Crippen LogP contribution < -0.4 is 5.63 Å². The summed E-state index contributed by atoms with van der Waals surface area (Å²) in [5.41, 5.74) is 1.22. The van der Waals surface area contributed by atoms with Crippen molar-refractivity contribution < 1.29 is 9.21 Å². The normalized spacial score (nSPS) is 10.4. The van der Waals surface area contributed by atoms with Crippen LogP contribution in [0.5, 0.6) is 0 Å². The van der Waals surface area contributed by atoms with Crippen molar-refractivity contribution in [1.29, 1.82) is 0 Å². The molecule has 0 atom stereocenters. The number of aryl methyl sites for hydroxylation is 1. The van der Waals surface area contributed by atoms with Gasteiger partial charge in [-0.15, -0.1) is 0 Å². The van der Waals surface area contributed by atoms with E-state index in [1.807, 2.05) is 0 Å². The first-order chi connectivity index (χ1) is 9.06. The van der Waals surface area contributed by atoms with Crippen LogP contribution in [-0.2, 0) is 11.2 Å². The van der Waals surface area contributed by atoms with Gasteiger partial charge >= 0.3 is 5.63 Å². The fourth-order valence-electron chi connectivity index (χ4n) is 1.80. The largest absolute Gasteiger partial charge is 0.422 e. The van der Waals surface area contributed by atoms with Gasteiger partial charge in [0.25, 0.3) is 0 Å². The van der Waals surface area contributed by atoms with E-state index >= 15 is 0 Å². The van der Waals surface area contributed by atoms with Gasteiger partial charge in [0, 0.05) is 23.1 Å². The van der Waals surface area contributed by atoms with E-state index in [-0.39, 0.29) is 5.78 Å². The Morgan fingerprint density at radius 1 is 1.16 bits per heavy atom. The van der Waals surface area contributed by atoms with E-state index in [1.165, 1.54) is 6.07 Å². The summed E-state index contributed by atoms with van der Waals surface area (Å²) in [7, 11) is 0. The summed E-state index contributed by atoms with van der Waals surface area (Å²) < 4.78 is 5.26. The zero-order valence-electron chi connectivity index (χ0n) is 10.5. The van der Waals surface area contributed by atoms with Gasteiger partial charge in [0.05, 0.1) is 0 Å². The van der Waals surface area contributed by atoms with Crippen LogP contribution in [0.3, 0.4) is 0 Å². The Bertz CT molecular complexity index is 641. The lowest BCUT2D eigenvalue weighted by Gasteiger charge is -2.07. The second kappa shape index (κ2) is 5.85. The quantitative estimate of drug-likeness (QED) is 0.859. The van der Waals surface area contributed by atoms with Gasteiger partial charge in [-0.05, 0) is 49.2 Å². The minimum Gasteiger partial charge on any atom is -0.422 e. The minimum absolute atomic E-state index is 0.105. The van der Waals surface area contributed by atoms with Crippen LogP contribution in [0.2, 0.25) is 5.02 Å². The molecule has 1 heterocycles. The highest BCUT2D eigenvalue weighted by Gasteiger charge is 2.09. The lowest BCUT2D eigenvalue weighted by Crippen LogP contribution is -2.02. The van der Waals surface area contributed by atoms with Gasteiger partial charge in [-0.25, -0.2) is 4.79 Å². The third kappa shape index (κ3) is 3.55. The number of carbonyl (C=O) groups is 1. The molecule has 0 unspecified atom stereocenters. The summed E-state index contributed by atoms with van der Waals surface area (Å²) in [6, 6.07) is 10.1. The van der Waals surface area contributed by atoms with E-state index in [4.69, 9.17) is 16.0 Å². The Balaban J connectivity index is 2.42. The molecule has 0 bridgehead atoms. The molecule has 0 fully saturated rings. The lowest BCUT2D eigenvalue weighted by molar-refractivity contribution is -0.116. The first-order valence-corrected chi connectivity index (χ1v) is 6.32. The van der Waals surface area contributed by atoms with E-state index in [9.17, 15) is 9.59 Å². The Kier molecular flexibility index (Phi) is 4.17. The molecule has 1 aromatic heterocycles. The van der Waals surface area contributed by atoms with Gasteiger partial charge in [0.1, 0.15) is 11.5 Å². The maximum Gasteiger partial charge on any atom is 0.336 e. The molecule has 0 radical (unpaired) electrons. The van der Waals surface area contributed by atoms with Crippen LogP contribution >= 0.6 is 11.6 Å². The number of Topliss-reactive ketones (excluding diaryl/α,β-unsaturated/α-hetero) is 1. The smallest absolute Gasteiger partial charge is 0.336 e. The van der Waals surface area contributed by atoms with Crippen LogP contribution in [0.25, 0.3) is 11.3 Å². The molecule has 0 aliphatic carbocycles. The summed E-state index contributed by atoms with van der Waals surface area (Å²) in [5.74, 6) is 0.610. The monoisotopic (exact) mass is 276 g/mol. The second-order valence-electron chi connectivity index (χ2n) is 4.32. The van der Waals surface area contributed by atoms with Gasteiger partial charge in [0.2, 0.25) is 0 Å². The van der Waals surface area contributed by atoms with Crippen molar-refractivity contribution in [3.05, 3.63) is 57.4 Å². The zero-order chi connectivity index (χ0) is 13.8. The molecular weight excluding hydrogens is 264 g/mol. The molecule has 2 aromatic rings. The highest BCUT2D eigenvalue weighted by Crippen LogP contribution is 2.24. The maximum atomic E-state index is 11.4. The van der Waals surface area contributed by atoms with E-state index in [1.54, 1.807) is 37.3 Å². The van der Waals surface area contributed by atoms with Gasteiger partial charge in [0.15, 0.2) is 0 Å². The maximum absolute atomic E-state index is 11.4. The number of rotatable bonds is 4. The first kappa shape index (κ1) is 13.6. The number of benzene rings is 1. The highest BCUT2D eigenvalue weighted by molar-refractivity contribution is 6.30. The van der Waals surface area contributed by atoms with Crippen molar-refractivity contribution in [3.8, 4) is 11.3 Å². The number of hydrogen-bond acceptors (Lipinski definition) is 3. The summed E-state index contributed by atoms with van der Waals surface area (Å²) in [4.78, 5) is 22.4. The molecule has 0 amide bonds. The van der Waals surface area contributed by atoms with Crippen LogP contribution in [0.15, 0.2) is 45.6 Å². The summed E-state index contributed by atoms with van der Waals surface area (Å²) in [5, 5.41) is 0.618. The molecule has 0 N–H and O–H groups in total. The van der Waals surface area contributed by atoms with Crippen molar-refractivity contribution in [2.45, 2.75) is 19.8 Å². The number of ketones is 1. The Morgan fingerprint density at radius 2 is 1.84 bits per heavy atom. The molecule has 0 saturated carbocycles. The predicted molar refractivity (Wildman–Crippen MR) is 74.4 cm³/mol. The van der Waals surface area contributed by atoms with Crippen LogP contribution in [0.1, 0.15) is 18.9 Å². The molecule has 0 aliphatic rings. The fraction of sp³-hybridized carbons (Fsp3) is 0.200. The summed E-state index contributed by atoms with van der Waals surface area (Å²) >= 11 is 5.84. The molecule has 0 aliphatic heterocycles. The Morgan fingerprint density at radius 3 is 2.47 bits per heavy atom. The lowest BCUT2D eigenvalue weighted by atomic mass is 10.0. The minimum atomic E-state index is -0.406. The summed E-state index contributed by atoms with van der Waals surface area (Å²) in [6.45, 7) is 1.54. The van der Waals surface area contributed by atoms with Crippen LogP contribution in [-0.4, -0.2) is 5.78 Å². The third-order valence-electron chi connectivity index (χ3n) is 2.77. The van der Waals surface area contributed by atoms with Crippen molar-refractivity contribution in [3.63, 3.8) is 0 Å². The topological polar surface area (TPSA) is 47.3 Å². The van der Waals surface area contributed by atoms with E-state index in [0.717, 1.165) is 11.1 Å². The SMILES string of the molecule is CC(=O)CCc1ccc(=O)oc1-c1ccc(Cl)cc1. The fourth-order valence-corrected chi connectivity index (χ4v) is 1.92. The number of hydrogen-bond donors (Lipinski definition) is 0. The molecule has 98 valence electrons. The summed E-state index contributed by atoms with van der Waals surface area (Å²) in [6.07, 6.45) is 0.978.